The molecule has 10 aromatic carbocycles. The maximum absolute atomic E-state index is 2.39. The van der Waals surface area contributed by atoms with Crippen molar-refractivity contribution in [2.45, 2.75) is 0 Å². The molecule has 0 fully saturated rings. The Morgan fingerprint density at radius 3 is 1.05 bits per heavy atom. The molecule has 1 heterocycles. The third kappa shape index (κ3) is 7.04. The fraction of sp³-hybridized carbons (Fsp3) is 0. The molecule has 0 radical (unpaired) electrons. The third-order valence-corrected chi connectivity index (χ3v) is 12.0. The van der Waals surface area contributed by atoms with Crippen molar-refractivity contribution < 1.29 is 0 Å². The van der Waals surface area contributed by atoms with Gasteiger partial charge < -0.3 is 9.47 Å². The number of para-hydroxylation sites is 2. The van der Waals surface area contributed by atoms with Crippen molar-refractivity contribution in [2.75, 3.05) is 4.90 Å². The number of anilines is 3. The second-order valence-corrected chi connectivity index (χ2v) is 15.8. The van der Waals surface area contributed by atoms with E-state index in [-0.39, 0.29) is 0 Å². The molecule has 0 aliphatic rings. The summed E-state index contributed by atoms with van der Waals surface area (Å²) in [6.07, 6.45) is 0. The molecule has 0 amide bonds. The first-order chi connectivity index (χ1) is 30.7. The Labute approximate surface area is 362 Å². The highest BCUT2D eigenvalue weighted by Gasteiger charge is 2.18. The quantitative estimate of drug-likeness (QED) is 0.141. The molecule has 0 saturated carbocycles. The maximum Gasteiger partial charge on any atom is 0.0561 e. The van der Waals surface area contributed by atoms with Gasteiger partial charge in [0.25, 0.3) is 0 Å². The van der Waals surface area contributed by atoms with E-state index in [0.29, 0.717) is 0 Å². The van der Waals surface area contributed by atoms with Gasteiger partial charge in [0.1, 0.15) is 0 Å². The van der Waals surface area contributed by atoms with Crippen LogP contribution in [0.5, 0.6) is 0 Å². The molecule has 62 heavy (non-hydrogen) atoms. The Morgan fingerprint density at radius 2 is 0.565 bits per heavy atom. The normalized spacial score (nSPS) is 11.2. The first-order valence-electron chi connectivity index (χ1n) is 21.2. The molecule has 292 valence electrons. The number of aromatic nitrogens is 1. The van der Waals surface area contributed by atoms with Crippen LogP contribution < -0.4 is 4.90 Å². The monoisotopic (exact) mass is 790 g/mol. The Hall–Kier alpha value is -8.20. The van der Waals surface area contributed by atoms with Crippen LogP contribution in [0.15, 0.2) is 255 Å². The van der Waals surface area contributed by atoms with E-state index in [9.17, 15) is 0 Å². The number of hydrogen-bond acceptors (Lipinski definition) is 1. The number of nitrogens with zero attached hydrogens (tertiary/aromatic N) is 2. The van der Waals surface area contributed by atoms with E-state index in [0.717, 1.165) is 33.8 Å². The van der Waals surface area contributed by atoms with Gasteiger partial charge in [0.05, 0.1) is 11.0 Å². The average Bonchev–Trinajstić information content (AvgIpc) is 3.69. The van der Waals surface area contributed by atoms with Crippen LogP contribution in [0.3, 0.4) is 0 Å². The van der Waals surface area contributed by atoms with Gasteiger partial charge >= 0.3 is 0 Å². The first kappa shape index (κ1) is 36.8. The fourth-order valence-electron chi connectivity index (χ4n) is 8.88. The van der Waals surface area contributed by atoms with Crippen molar-refractivity contribution in [2.24, 2.45) is 0 Å². The first-order valence-corrected chi connectivity index (χ1v) is 21.2. The highest BCUT2D eigenvalue weighted by atomic mass is 15.1. The number of rotatable bonds is 9. The van der Waals surface area contributed by atoms with E-state index in [1.807, 2.05) is 0 Å². The van der Waals surface area contributed by atoms with Crippen molar-refractivity contribution in [3.8, 4) is 61.3 Å². The van der Waals surface area contributed by atoms with Gasteiger partial charge in [-0.05, 0) is 128 Å². The highest BCUT2D eigenvalue weighted by molar-refractivity contribution is 6.10. The van der Waals surface area contributed by atoms with Crippen molar-refractivity contribution >= 4 is 38.9 Å². The molecule has 0 bridgehead atoms. The summed E-state index contributed by atoms with van der Waals surface area (Å²) in [7, 11) is 0. The topological polar surface area (TPSA) is 8.17 Å². The lowest BCUT2D eigenvalue weighted by Crippen LogP contribution is -2.10. The maximum atomic E-state index is 2.39. The van der Waals surface area contributed by atoms with Gasteiger partial charge in [0, 0.05) is 33.5 Å². The molecule has 11 rings (SSSR count). The van der Waals surface area contributed by atoms with Crippen LogP contribution in [0, 0.1) is 0 Å². The summed E-state index contributed by atoms with van der Waals surface area (Å²) in [5.41, 5.74) is 18.7. The van der Waals surface area contributed by atoms with Crippen LogP contribution in [0.1, 0.15) is 0 Å². The summed E-state index contributed by atoms with van der Waals surface area (Å²) >= 11 is 0. The van der Waals surface area contributed by atoms with Crippen LogP contribution in [0.4, 0.5) is 17.1 Å². The molecule has 2 heteroatoms. The Bertz CT molecular complexity index is 3220. The SMILES string of the molecule is c1ccc(-c2ccc(-c3ccc(N(c4ccc(-c5cc(-c6ccccc6)cc(-c6ccccc6)c5)cc4)c4ccc5c6ccccc6n(-c6ccccc6)c5c4)cc3)cc2)cc1. The van der Waals surface area contributed by atoms with Crippen LogP contribution in [0.2, 0.25) is 0 Å². The lowest BCUT2D eigenvalue weighted by molar-refractivity contribution is 1.18. The minimum atomic E-state index is 1.08. The van der Waals surface area contributed by atoms with Crippen molar-refractivity contribution in [3.63, 3.8) is 0 Å². The Balaban J connectivity index is 1.02. The van der Waals surface area contributed by atoms with Gasteiger partial charge in [-0.15, -0.1) is 0 Å². The van der Waals surface area contributed by atoms with Gasteiger partial charge in [-0.25, -0.2) is 0 Å². The molecular weight excluding hydrogens is 749 g/mol. The van der Waals surface area contributed by atoms with E-state index >= 15 is 0 Å². The Morgan fingerprint density at radius 1 is 0.226 bits per heavy atom. The van der Waals surface area contributed by atoms with Crippen molar-refractivity contribution in [1.82, 2.24) is 4.57 Å². The zero-order chi connectivity index (χ0) is 41.2. The Kier molecular flexibility index (Phi) is 9.57. The summed E-state index contributed by atoms with van der Waals surface area (Å²) in [6, 6.07) is 92.1. The minimum Gasteiger partial charge on any atom is -0.310 e. The zero-order valence-corrected chi connectivity index (χ0v) is 34.1. The molecule has 0 N–H and O–H groups in total. The lowest BCUT2D eigenvalue weighted by atomic mass is 9.93. The molecule has 0 spiro atoms. The molecule has 0 unspecified atom stereocenters. The summed E-state index contributed by atoms with van der Waals surface area (Å²) in [5.74, 6) is 0. The highest BCUT2D eigenvalue weighted by Crippen LogP contribution is 2.41. The van der Waals surface area contributed by atoms with E-state index in [4.69, 9.17) is 0 Å². The predicted molar refractivity (Wildman–Crippen MR) is 263 cm³/mol. The van der Waals surface area contributed by atoms with Gasteiger partial charge in [-0.1, -0.05) is 182 Å². The average molecular weight is 791 g/mol. The van der Waals surface area contributed by atoms with Gasteiger partial charge in [-0.2, -0.15) is 0 Å². The van der Waals surface area contributed by atoms with Gasteiger partial charge in [0.15, 0.2) is 0 Å². The minimum absolute atomic E-state index is 1.08. The third-order valence-electron chi connectivity index (χ3n) is 12.0. The van der Waals surface area contributed by atoms with Crippen LogP contribution in [0.25, 0.3) is 83.1 Å². The summed E-state index contributed by atoms with van der Waals surface area (Å²) in [5, 5.41) is 2.47. The van der Waals surface area contributed by atoms with Crippen LogP contribution >= 0.6 is 0 Å². The molecule has 1 aromatic heterocycles. The molecule has 11 aromatic rings. The van der Waals surface area contributed by atoms with Gasteiger partial charge in [0.2, 0.25) is 0 Å². The largest absolute Gasteiger partial charge is 0.310 e. The smallest absolute Gasteiger partial charge is 0.0561 e. The van der Waals surface area contributed by atoms with E-state index in [1.165, 1.54) is 66.4 Å². The predicted octanol–water partition coefficient (Wildman–Crippen LogP) is 16.6. The van der Waals surface area contributed by atoms with Crippen molar-refractivity contribution in [1.29, 1.82) is 0 Å². The number of fused-ring (bicyclic) bond motifs is 3. The molecule has 2 nitrogen and oxygen atoms in total. The van der Waals surface area contributed by atoms with E-state index < -0.39 is 0 Å². The molecule has 0 aliphatic carbocycles. The number of hydrogen-bond donors (Lipinski definition) is 0. The fourth-order valence-corrected chi connectivity index (χ4v) is 8.88. The lowest BCUT2D eigenvalue weighted by Gasteiger charge is -2.26. The van der Waals surface area contributed by atoms with Crippen LogP contribution in [-0.4, -0.2) is 4.57 Å². The summed E-state index contributed by atoms with van der Waals surface area (Å²) in [6.45, 7) is 0. The van der Waals surface area contributed by atoms with E-state index in [2.05, 4.69) is 264 Å². The second-order valence-electron chi connectivity index (χ2n) is 15.8. The van der Waals surface area contributed by atoms with Gasteiger partial charge in [-0.3, -0.25) is 0 Å². The standard InChI is InChI=1S/C60H42N2/c1-5-15-43(16-6-1)46-25-27-47(28-26-46)48-29-33-54(34-30-48)61(56-37-38-58-57-23-13-14-24-59(57)62(60(58)42-56)53-21-11-4-12-22-53)55-35-31-49(32-36-55)52-40-50(44-17-7-2-8-18-44)39-51(41-52)45-19-9-3-10-20-45/h1-42H. The van der Waals surface area contributed by atoms with Crippen LogP contribution in [-0.2, 0) is 0 Å². The molecule has 0 saturated heterocycles. The van der Waals surface area contributed by atoms with E-state index in [1.54, 1.807) is 0 Å². The molecule has 0 aliphatic heterocycles. The molecular formula is C60H42N2. The molecule has 0 atom stereocenters. The second kappa shape index (κ2) is 16.1. The van der Waals surface area contributed by atoms with Crippen molar-refractivity contribution in [3.05, 3.63) is 255 Å². The zero-order valence-electron chi connectivity index (χ0n) is 34.1. The number of benzene rings is 10. The summed E-state index contributed by atoms with van der Waals surface area (Å²) in [4.78, 5) is 2.38. The summed E-state index contributed by atoms with van der Waals surface area (Å²) < 4.78 is 2.39.